The zero-order valence-corrected chi connectivity index (χ0v) is 11.6. The van der Waals surface area contributed by atoms with Gasteiger partial charge in [0.25, 0.3) is 0 Å². The van der Waals surface area contributed by atoms with Gasteiger partial charge >= 0.3 is 0 Å². The van der Waals surface area contributed by atoms with Crippen LogP contribution >= 0.6 is 22.9 Å². The van der Waals surface area contributed by atoms with E-state index in [4.69, 9.17) is 11.6 Å². The predicted molar refractivity (Wildman–Crippen MR) is 77.3 cm³/mol. The summed E-state index contributed by atoms with van der Waals surface area (Å²) in [5.41, 5.74) is 2.93. The Morgan fingerprint density at radius 2 is 1.89 bits per heavy atom. The third-order valence-corrected chi connectivity index (χ3v) is 4.38. The Kier molecular flexibility index (Phi) is 2.80. The van der Waals surface area contributed by atoms with E-state index in [2.05, 4.69) is 27.5 Å². The number of nitrogens with zero attached hydrogens (tertiary/aromatic N) is 2. The first-order valence-electron chi connectivity index (χ1n) is 5.64. The van der Waals surface area contributed by atoms with Gasteiger partial charge in [0.2, 0.25) is 0 Å². The van der Waals surface area contributed by atoms with Crippen LogP contribution in [-0.4, -0.2) is 9.97 Å². The van der Waals surface area contributed by atoms with Crippen molar-refractivity contribution in [3.05, 3.63) is 46.1 Å². The van der Waals surface area contributed by atoms with Crippen molar-refractivity contribution in [2.24, 2.45) is 0 Å². The first-order valence-corrected chi connectivity index (χ1v) is 6.90. The number of rotatable bonds is 1. The fourth-order valence-electron chi connectivity index (χ4n) is 1.87. The molecule has 2 aromatic heterocycles. The normalized spacial score (nSPS) is 11.1. The Morgan fingerprint density at radius 3 is 2.67 bits per heavy atom. The number of hydrogen-bond donors (Lipinski definition) is 0. The molecule has 0 fully saturated rings. The quantitative estimate of drug-likeness (QED) is 0.605. The van der Waals surface area contributed by atoms with E-state index >= 15 is 0 Å². The van der Waals surface area contributed by atoms with Crippen molar-refractivity contribution < 1.29 is 0 Å². The van der Waals surface area contributed by atoms with E-state index in [1.165, 1.54) is 10.1 Å². The molecule has 0 bridgehead atoms. The molecule has 0 N–H and O–H groups in total. The van der Waals surface area contributed by atoms with E-state index in [1.807, 2.05) is 26.0 Å². The van der Waals surface area contributed by atoms with Crippen molar-refractivity contribution in [1.82, 2.24) is 9.97 Å². The van der Waals surface area contributed by atoms with Crippen LogP contribution in [0.2, 0.25) is 5.15 Å². The Hall–Kier alpha value is -1.45. The number of aryl methyl sites for hydroxylation is 1. The first-order chi connectivity index (χ1) is 8.66. The maximum Gasteiger partial charge on any atom is 0.162 e. The molecule has 0 saturated heterocycles. The van der Waals surface area contributed by atoms with Crippen LogP contribution in [0.15, 0.2) is 29.6 Å². The van der Waals surface area contributed by atoms with Gasteiger partial charge in [-0.05, 0) is 19.9 Å². The minimum atomic E-state index is 0.535. The first kappa shape index (κ1) is 11.6. The van der Waals surface area contributed by atoms with Crippen LogP contribution in [0, 0.1) is 13.8 Å². The number of hydrogen-bond acceptors (Lipinski definition) is 3. The molecule has 0 saturated carbocycles. The highest BCUT2D eigenvalue weighted by molar-refractivity contribution is 7.17. The third-order valence-electron chi connectivity index (χ3n) is 3.05. The second kappa shape index (κ2) is 4.34. The maximum atomic E-state index is 6.14. The Bertz CT molecular complexity index is 710. The van der Waals surface area contributed by atoms with Gasteiger partial charge in [0.15, 0.2) is 5.82 Å². The highest BCUT2D eigenvalue weighted by Crippen LogP contribution is 2.33. The molecule has 0 amide bonds. The smallest absolute Gasteiger partial charge is 0.162 e. The van der Waals surface area contributed by atoms with Crippen molar-refractivity contribution in [2.75, 3.05) is 0 Å². The fourth-order valence-corrected chi connectivity index (χ4v) is 3.02. The summed E-state index contributed by atoms with van der Waals surface area (Å²) in [6.07, 6.45) is 0. The number of fused-ring (bicyclic) bond motifs is 1. The Balaban J connectivity index is 2.26. The highest BCUT2D eigenvalue weighted by Gasteiger charge is 2.11. The molecule has 3 rings (SSSR count). The van der Waals surface area contributed by atoms with Crippen LogP contribution in [0.1, 0.15) is 11.3 Å². The summed E-state index contributed by atoms with van der Waals surface area (Å²) >= 11 is 7.84. The standard InChI is InChI=1S/C14H11ClN2S/c1-8-9(2)16-14(17-13(8)15)11-7-18-12-6-4-3-5-10(11)12/h3-7H,1-2H3. The van der Waals surface area contributed by atoms with E-state index in [9.17, 15) is 0 Å². The molecule has 0 unspecified atom stereocenters. The predicted octanol–water partition coefficient (Wildman–Crippen LogP) is 4.63. The molecule has 0 aliphatic rings. The SMILES string of the molecule is Cc1nc(-c2csc3ccccc23)nc(Cl)c1C. The summed E-state index contributed by atoms with van der Waals surface area (Å²) in [5.74, 6) is 0.709. The van der Waals surface area contributed by atoms with Gasteiger partial charge in [-0.2, -0.15) is 0 Å². The molecule has 4 heteroatoms. The van der Waals surface area contributed by atoms with Gasteiger partial charge in [0.1, 0.15) is 5.15 Å². The molecule has 18 heavy (non-hydrogen) atoms. The lowest BCUT2D eigenvalue weighted by molar-refractivity contribution is 1.07. The van der Waals surface area contributed by atoms with E-state index in [0.717, 1.165) is 16.8 Å². The van der Waals surface area contributed by atoms with Gasteiger partial charge in [-0.25, -0.2) is 9.97 Å². The summed E-state index contributed by atoms with van der Waals surface area (Å²) in [7, 11) is 0. The van der Waals surface area contributed by atoms with Gasteiger partial charge in [-0.3, -0.25) is 0 Å². The van der Waals surface area contributed by atoms with Crippen LogP contribution < -0.4 is 0 Å². The van der Waals surface area contributed by atoms with Gasteiger partial charge in [0.05, 0.1) is 0 Å². The highest BCUT2D eigenvalue weighted by atomic mass is 35.5. The Morgan fingerprint density at radius 1 is 1.11 bits per heavy atom. The van der Waals surface area contributed by atoms with Gasteiger partial charge in [0, 0.05) is 32.3 Å². The zero-order valence-electron chi connectivity index (χ0n) is 10.1. The molecular formula is C14H11ClN2S. The second-order valence-electron chi connectivity index (χ2n) is 4.19. The van der Waals surface area contributed by atoms with Crippen molar-refractivity contribution in [2.45, 2.75) is 13.8 Å². The summed E-state index contributed by atoms with van der Waals surface area (Å²) in [5, 5.41) is 3.81. The van der Waals surface area contributed by atoms with E-state index in [0.29, 0.717) is 11.0 Å². The van der Waals surface area contributed by atoms with Crippen molar-refractivity contribution in [1.29, 1.82) is 0 Å². The lowest BCUT2D eigenvalue weighted by Crippen LogP contribution is -1.95. The summed E-state index contributed by atoms with van der Waals surface area (Å²) in [6, 6.07) is 8.26. The molecule has 90 valence electrons. The summed E-state index contributed by atoms with van der Waals surface area (Å²) in [4.78, 5) is 8.92. The molecule has 2 nitrogen and oxygen atoms in total. The van der Waals surface area contributed by atoms with Gasteiger partial charge < -0.3 is 0 Å². The van der Waals surface area contributed by atoms with Crippen molar-refractivity contribution in [3.63, 3.8) is 0 Å². The molecular weight excluding hydrogens is 264 g/mol. The lowest BCUT2D eigenvalue weighted by Gasteiger charge is -2.05. The van der Waals surface area contributed by atoms with Crippen LogP contribution in [-0.2, 0) is 0 Å². The summed E-state index contributed by atoms with van der Waals surface area (Å²) in [6.45, 7) is 3.90. The van der Waals surface area contributed by atoms with Crippen molar-refractivity contribution >= 4 is 33.0 Å². The minimum Gasteiger partial charge on any atom is -0.233 e. The van der Waals surface area contributed by atoms with Crippen LogP contribution in [0.5, 0.6) is 0 Å². The largest absolute Gasteiger partial charge is 0.233 e. The topological polar surface area (TPSA) is 25.8 Å². The number of aromatic nitrogens is 2. The van der Waals surface area contributed by atoms with E-state index in [1.54, 1.807) is 11.3 Å². The molecule has 2 heterocycles. The average Bonchev–Trinajstić information content (AvgIpc) is 2.79. The molecule has 0 aliphatic carbocycles. The van der Waals surface area contributed by atoms with Crippen LogP contribution in [0.4, 0.5) is 0 Å². The maximum absolute atomic E-state index is 6.14. The van der Waals surface area contributed by atoms with E-state index < -0.39 is 0 Å². The molecule has 1 aromatic carbocycles. The van der Waals surface area contributed by atoms with Crippen LogP contribution in [0.25, 0.3) is 21.5 Å². The van der Waals surface area contributed by atoms with Crippen LogP contribution in [0.3, 0.4) is 0 Å². The molecule has 0 radical (unpaired) electrons. The third kappa shape index (κ3) is 1.80. The number of benzene rings is 1. The average molecular weight is 275 g/mol. The minimum absolute atomic E-state index is 0.535. The number of halogens is 1. The lowest BCUT2D eigenvalue weighted by atomic mass is 10.1. The molecule has 0 atom stereocenters. The molecule has 0 aliphatic heterocycles. The fraction of sp³-hybridized carbons (Fsp3) is 0.143. The second-order valence-corrected chi connectivity index (χ2v) is 5.46. The van der Waals surface area contributed by atoms with E-state index in [-0.39, 0.29) is 0 Å². The summed E-state index contributed by atoms with van der Waals surface area (Å²) < 4.78 is 1.24. The molecule has 0 spiro atoms. The van der Waals surface area contributed by atoms with Gasteiger partial charge in [-0.15, -0.1) is 11.3 Å². The molecule has 3 aromatic rings. The van der Waals surface area contributed by atoms with Gasteiger partial charge in [-0.1, -0.05) is 29.8 Å². The monoisotopic (exact) mass is 274 g/mol. The number of thiophene rings is 1. The van der Waals surface area contributed by atoms with Crippen molar-refractivity contribution in [3.8, 4) is 11.4 Å². The Labute approximate surface area is 114 Å². The zero-order chi connectivity index (χ0) is 12.7.